The summed E-state index contributed by atoms with van der Waals surface area (Å²) in [7, 11) is 0. The average Bonchev–Trinajstić information content (AvgIpc) is 2.66. The van der Waals surface area contributed by atoms with Gasteiger partial charge in [-0.1, -0.05) is 6.07 Å². The van der Waals surface area contributed by atoms with Crippen molar-refractivity contribution in [3.8, 4) is 0 Å². The highest BCUT2D eigenvalue weighted by molar-refractivity contribution is 5.90. The molecular formula is C12H15N3O2. The fourth-order valence-electron chi connectivity index (χ4n) is 1.94. The van der Waals surface area contributed by atoms with Gasteiger partial charge >= 0.3 is 5.97 Å². The van der Waals surface area contributed by atoms with E-state index in [0.29, 0.717) is 12.1 Å². The van der Waals surface area contributed by atoms with Gasteiger partial charge in [-0.05, 0) is 31.5 Å². The maximum Gasteiger partial charge on any atom is 0.372 e. The van der Waals surface area contributed by atoms with Crippen molar-refractivity contribution in [1.82, 2.24) is 9.55 Å². The number of carboxylic acid groups (broad SMARTS) is 1. The zero-order valence-corrected chi connectivity index (χ0v) is 9.84. The van der Waals surface area contributed by atoms with Crippen molar-refractivity contribution in [2.45, 2.75) is 26.4 Å². The van der Waals surface area contributed by atoms with Crippen molar-refractivity contribution >= 4 is 17.0 Å². The number of aromatic carboxylic acids is 1. The molecule has 0 atom stereocenters. The summed E-state index contributed by atoms with van der Waals surface area (Å²) in [6.45, 7) is 4.30. The molecule has 1 aromatic carbocycles. The number of nitrogens with zero attached hydrogens (tertiary/aromatic N) is 2. The van der Waals surface area contributed by atoms with Crippen LogP contribution < -0.4 is 5.73 Å². The molecule has 0 fully saturated rings. The molecule has 3 N–H and O–H groups in total. The van der Waals surface area contributed by atoms with Crippen molar-refractivity contribution in [3.63, 3.8) is 0 Å². The molecule has 0 bridgehead atoms. The first kappa shape index (κ1) is 11.6. The number of hydrogen-bond acceptors (Lipinski definition) is 3. The van der Waals surface area contributed by atoms with Crippen molar-refractivity contribution in [2.75, 3.05) is 0 Å². The third kappa shape index (κ3) is 1.89. The van der Waals surface area contributed by atoms with Crippen LogP contribution in [-0.2, 0) is 6.54 Å². The van der Waals surface area contributed by atoms with Crippen LogP contribution in [-0.4, -0.2) is 20.6 Å². The summed E-state index contributed by atoms with van der Waals surface area (Å²) in [4.78, 5) is 15.3. The van der Waals surface area contributed by atoms with E-state index in [2.05, 4.69) is 4.98 Å². The van der Waals surface area contributed by atoms with Crippen molar-refractivity contribution in [1.29, 1.82) is 0 Å². The van der Waals surface area contributed by atoms with Gasteiger partial charge in [0.1, 0.15) is 0 Å². The van der Waals surface area contributed by atoms with E-state index in [1.54, 1.807) is 4.57 Å². The lowest BCUT2D eigenvalue weighted by Crippen LogP contribution is -2.11. The molecule has 1 heterocycles. The van der Waals surface area contributed by atoms with Crippen LogP contribution in [0.4, 0.5) is 0 Å². The molecule has 0 aliphatic heterocycles. The maximum atomic E-state index is 11.1. The third-order valence-corrected chi connectivity index (χ3v) is 2.70. The number of carbonyl (C=O) groups is 1. The molecule has 0 spiro atoms. The SMILES string of the molecule is CC(C)n1c(C(=O)O)nc2ccc(CN)cc21. The predicted molar refractivity (Wildman–Crippen MR) is 65.0 cm³/mol. The van der Waals surface area contributed by atoms with Crippen LogP contribution in [0.1, 0.15) is 36.1 Å². The summed E-state index contributed by atoms with van der Waals surface area (Å²) in [5.74, 6) is -0.937. The Labute approximate surface area is 98.9 Å². The number of rotatable bonds is 3. The van der Waals surface area contributed by atoms with E-state index in [0.717, 1.165) is 11.1 Å². The molecule has 5 heteroatoms. The second kappa shape index (κ2) is 4.18. The van der Waals surface area contributed by atoms with E-state index in [1.165, 1.54) is 0 Å². The molecule has 0 amide bonds. The molecule has 0 saturated carbocycles. The van der Waals surface area contributed by atoms with Gasteiger partial charge in [-0.2, -0.15) is 0 Å². The highest BCUT2D eigenvalue weighted by Gasteiger charge is 2.18. The van der Waals surface area contributed by atoms with E-state index in [1.807, 2.05) is 32.0 Å². The number of fused-ring (bicyclic) bond motifs is 1. The second-order valence-corrected chi connectivity index (χ2v) is 4.23. The minimum absolute atomic E-state index is 0.0409. The van der Waals surface area contributed by atoms with Gasteiger partial charge < -0.3 is 15.4 Å². The topological polar surface area (TPSA) is 81.1 Å². The lowest BCUT2D eigenvalue weighted by atomic mass is 10.2. The van der Waals surface area contributed by atoms with Gasteiger partial charge in [0.05, 0.1) is 11.0 Å². The Morgan fingerprint density at radius 1 is 1.53 bits per heavy atom. The van der Waals surface area contributed by atoms with Gasteiger partial charge in [-0.25, -0.2) is 9.78 Å². The van der Waals surface area contributed by atoms with Crippen molar-refractivity contribution in [2.24, 2.45) is 5.73 Å². The number of carboxylic acids is 1. The van der Waals surface area contributed by atoms with Crippen LogP contribution in [0.5, 0.6) is 0 Å². The first-order valence-corrected chi connectivity index (χ1v) is 5.48. The molecular weight excluding hydrogens is 218 g/mol. The quantitative estimate of drug-likeness (QED) is 0.846. The molecule has 0 aliphatic carbocycles. The Hall–Kier alpha value is -1.88. The first-order chi connectivity index (χ1) is 8.04. The lowest BCUT2D eigenvalue weighted by Gasteiger charge is -2.10. The van der Waals surface area contributed by atoms with Crippen LogP contribution in [0.15, 0.2) is 18.2 Å². The summed E-state index contributed by atoms with van der Waals surface area (Å²) in [5.41, 5.74) is 8.06. The molecule has 0 radical (unpaired) electrons. The molecule has 2 rings (SSSR count). The predicted octanol–water partition coefficient (Wildman–Crippen LogP) is 1.77. The van der Waals surface area contributed by atoms with Crippen LogP contribution >= 0.6 is 0 Å². The molecule has 0 saturated heterocycles. The molecule has 2 aromatic rings. The fourth-order valence-corrected chi connectivity index (χ4v) is 1.94. The van der Waals surface area contributed by atoms with Gasteiger partial charge in [-0.3, -0.25) is 0 Å². The Morgan fingerprint density at radius 2 is 2.24 bits per heavy atom. The monoisotopic (exact) mass is 233 g/mol. The van der Waals surface area contributed by atoms with Crippen LogP contribution in [0.2, 0.25) is 0 Å². The van der Waals surface area contributed by atoms with E-state index < -0.39 is 5.97 Å². The highest BCUT2D eigenvalue weighted by Crippen LogP contribution is 2.22. The minimum atomic E-state index is -1.01. The average molecular weight is 233 g/mol. The minimum Gasteiger partial charge on any atom is -0.475 e. The normalized spacial score (nSPS) is 11.3. The zero-order valence-electron chi connectivity index (χ0n) is 9.84. The molecule has 1 aromatic heterocycles. The zero-order chi connectivity index (χ0) is 12.6. The van der Waals surface area contributed by atoms with E-state index in [4.69, 9.17) is 10.8 Å². The molecule has 5 nitrogen and oxygen atoms in total. The van der Waals surface area contributed by atoms with Crippen molar-refractivity contribution in [3.05, 3.63) is 29.6 Å². The van der Waals surface area contributed by atoms with Gasteiger partial charge in [0.25, 0.3) is 0 Å². The van der Waals surface area contributed by atoms with Gasteiger partial charge in [-0.15, -0.1) is 0 Å². The largest absolute Gasteiger partial charge is 0.475 e. The van der Waals surface area contributed by atoms with Gasteiger partial charge in [0.2, 0.25) is 5.82 Å². The van der Waals surface area contributed by atoms with E-state index >= 15 is 0 Å². The van der Waals surface area contributed by atoms with E-state index in [9.17, 15) is 4.79 Å². The molecule has 90 valence electrons. The van der Waals surface area contributed by atoms with Crippen LogP contribution in [0, 0.1) is 0 Å². The summed E-state index contributed by atoms with van der Waals surface area (Å²) in [5, 5.41) is 9.13. The Balaban J connectivity index is 2.77. The Kier molecular flexibility index (Phi) is 2.85. The third-order valence-electron chi connectivity index (χ3n) is 2.70. The standard InChI is InChI=1S/C12H15N3O2/c1-7(2)15-10-5-8(6-13)3-4-9(10)14-11(15)12(16)17/h3-5,7H,6,13H2,1-2H3,(H,16,17). The Bertz CT molecular complexity index is 572. The molecule has 0 unspecified atom stereocenters. The lowest BCUT2D eigenvalue weighted by molar-refractivity contribution is 0.0677. The first-order valence-electron chi connectivity index (χ1n) is 5.48. The highest BCUT2D eigenvalue weighted by atomic mass is 16.4. The fraction of sp³-hybridized carbons (Fsp3) is 0.333. The van der Waals surface area contributed by atoms with Gasteiger partial charge in [0.15, 0.2) is 0 Å². The van der Waals surface area contributed by atoms with E-state index in [-0.39, 0.29) is 11.9 Å². The molecule has 17 heavy (non-hydrogen) atoms. The van der Waals surface area contributed by atoms with Crippen LogP contribution in [0.3, 0.4) is 0 Å². The summed E-state index contributed by atoms with van der Waals surface area (Å²) in [6.07, 6.45) is 0. The number of aromatic nitrogens is 2. The number of benzene rings is 1. The summed E-state index contributed by atoms with van der Waals surface area (Å²) < 4.78 is 1.72. The number of nitrogens with two attached hydrogens (primary N) is 1. The Morgan fingerprint density at radius 3 is 2.76 bits per heavy atom. The van der Waals surface area contributed by atoms with Crippen LogP contribution in [0.25, 0.3) is 11.0 Å². The summed E-state index contributed by atoms with van der Waals surface area (Å²) >= 11 is 0. The second-order valence-electron chi connectivity index (χ2n) is 4.23. The summed E-state index contributed by atoms with van der Waals surface area (Å²) in [6, 6.07) is 5.61. The van der Waals surface area contributed by atoms with Gasteiger partial charge in [0, 0.05) is 12.6 Å². The maximum absolute atomic E-state index is 11.1. The smallest absolute Gasteiger partial charge is 0.372 e. The number of imidazole rings is 1. The number of hydrogen-bond donors (Lipinski definition) is 2. The molecule has 0 aliphatic rings. The van der Waals surface area contributed by atoms with Crippen molar-refractivity contribution < 1.29 is 9.90 Å².